The third-order valence-corrected chi connectivity index (χ3v) is 14.4. The Labute approximate surface area is 256 Å². The van der Waals surface area contributed by atoms with Crippen LogP contribution in [0.4, 0.5) is 5.69 Å². The van der Waals surface area contributed by atoms with Crippen molar-refractivity contribution in [2.75, 3.05) is 19.0 Å². The van der Waals surface area contributed by atoms with Crippen LogP contribution in [0.15, 0.2) is 41.3 Å². The molecule has 0 radical (unpaired) electrons. The zero-order valence-corrected chi connectivity index (χ0v) is 27.2. The molecule has 4 aliphatic rings. The zero-order valence-electron chi connectivity index (χ0n) is 26.4. The molecule has 0 saturated heterocycles. The highest BCUT2D eigenvalue weighted by atomic mass is 32.2. The molecule has 0 spiro atoms. The minimum atomic E-state index is -1.24. The lowest BCUT2D eigenvalue weighted by atomic mass is 9.44. The first-order valence-corrected chi connectivity index (χ1v) is 17.8. The molecule has 2 aromatic carbocycles. The Kier molecular flexibility index (Phi) is 8.38. The third-order valence-electron chi connectivity index (χ3n) is 13.1. The Bertz CT molecular complexity index is 1300. The average molecular weight is 593 g/mol. The average Bonchev–Trinajstić information content (AvgIpc) is 3.32. The summed E-state index contributed by atoms with van der Waals surface area (Å²) in [4.78, 5) is 14.3. The maximum absolute atomic E-state index is 13.8. The minimum Gasteiger partial charge on any atom is -0.593 e. The number of anilines is 1. The molecule has 2 aromatic rings. The normalized spacial score (nSPS) is 37.4. The highest BCUT2D eigenvalue weighted by Gasteiger charge is 2.60. The molecule has 6 heteroatoms. The summed E-state index contributed by atoms with van der Waals surface area (Å²) in [6.07, 6.45) is 12.5. The molecule has 10 atom stereocenters. The number of aliphatic carboxylic acids is 1. The van der Waals surface area contributed by atoms with E-state index in [1.165, 1.54) is 44.9 Å². The lowest BCUT2D eigenvalue weighted by molar-refractivity contribution is -0.137. The Morgan fingerprint density at radius 2 is 1.71 bits per heavy atom. The molecule has 0 amide bonds. The monoisotopic (exact) mass is 592 g/mol. The summed E-state index contributed by atoms with van der Waals surface area (Å²) in [5, 5.41) is 11.5. The number of carbonyl (C=O) groups is 1. The molecule has 0 bridgehead atoms. The highest BCUT2D eigenvalue weighted by Crippen LogP contribution is 2.68. The summed E-state index contributed by atoms with van der Waals surface area (Å²) in [6, 6.07) is 12.8. The van der Waals surface area contributed by atoms with Gasteiger partial charge in [-0.2, -0.15) is 0 Å². The number of hydrogen-bond acceptors (Lipinski definition) is 4. The van der Waals surface area contributed by atoms with Crippen LogP contribution in [-0.4, -0.2) is 35.8 Å². The quantitative estimate of drug-likeness (QED) is 0.303. The van der Waals surface area contributed by atoms with Gasteiger partial charge in [-0.15, -0.1) is 4.72 Å². The Morgan fingerprint density at radius 3 is 2.48 bits per heavy atom. The molecular formula is C36H52N2O3S. The zero-order chi connectivity index (χ0) is 29.8. The van der Waals surface area contributed by atoms with Gasteiger partial charge in [0.15, 0.2) is 4.90 Å². The number of rotatable bonds is 8. The number of hydrogen-bond donors (Lipinski definition) is 2. The van der Waals surface area contributed by atoms with Crippen molar-refractivity contribution in [2.45, 2.75) is 102 Å². The van der Waals surface area contributed by atoms with Crippen molar-refractivity contribution in [3.8, 4) is 0 Å². The van der Waals surface area contributed by atoms with Crippen molar-refractivity contribution in [1.29, 1.82) is 0 Å². The SMILES string of the molecule is C[C@H](CCC(=O)O)C1CC[C@H]2[C@@H]3CC[C@@H]4CC(N[S+]([O-])c5cccc6c(N(C)C)cccc56)CC[C@]4(C)[C@H]3CC[C@]12C. The van der Waals surface area contributed by atoms with Gasteiger partial charge in [-0.1, -0.05) is 39.0 Å². The summed E-state index contributed by atoms with van der Waals surface area (Å²) in [6.45, 7) is 7.51. The van der Waals surface area contributed by atoms with Crippen LogP contribution in [0.5, 0.6) is 0 Å². The predicted octanol–water partition coefficient (Wildman–Crippen LogP) is 8.05. The van der Waals surface area contributed by atoms with Crippen LogP contribution in [-0.2, 0) is 16.2 Å². The van der Waals surface area contributed by atoms with Gasteiger partial charge in [0.05, 0.1) is 17.4 Å². The van der Waals surface area contributed by atoms with Crippen molar-refractivity contribution in [1.82, 2.24) is 4.72 Å². The summed E-state index contributed by atoms with van der Waals surface area (Å²) < 4.78 is 17.4. The van der Waals surface area contributed by atoms with E-state index in [-0.39, 0.29) is 0 Å². The molecule has 3 unspecified atom stereocenters. The fraction of sp³-hybridized carbons (Fsp3) is 0.694. The van der Waals surface area contributed by atoms with E-state index in [9.17, 15) is 14.5 Å². The first-order chi connectivity index (χ1) is 20.0. The van der Waals surface area contributed by atoms with Gasteiger partial charge in [-0.05, 0) is 129 Å². The molecule has 4 saturated carbocycles. The summed E-state index contributed by atoms with van der Waals surface area (Å²) in [5.74, 6) is 3.64. The molecule has 4 aliphatic carbocycles. The van der Waals surface area contributed by atoms with Gasteiger partial charge in [0.25, 0.3) is 0 Å². The van der Waals surface area contributed by atoms with Gasteiger partial charge in [-0.3, -0.25) is 4.79 Å². The molecule has 2 N–H and O–H groups in total. The van der Waals surface area contributed by atoms with Gasteiger partial charge in [0.2, 0.25) is 0 Å². The Hall–Kier alpha value is -1.76. The minimum absolute atomic E-state index is 0.299. The molecule has 0 aliphatic heterocycles. The van der Waals surface area contributed by atoms with Crippen LogP contribution in [0.2, 0.25) is 0 Å². The molecule has 0 heterocycles. The van der Waals surface area contributed by atoms with Crippen molar-refractivity contribution in [3.63, 3.8) is 0 Å². The van der Waals surface area contributed by atoms with Gasteiger partial charge in [0.1, 0.15) is 0 Å². The summed E-state index contributed by atoms with van der Waals surface area (Å²) in [7, 11) is 4.12. The molecule has 5 nitrogen and oxygen atoms in total. The standard InChI is InChI=1S/C36H52N2O3S/c1-23(12-17-34(39)40)29-15-16-30-28-14-13-24-22-25(18-20-35(24,2)31(28)19-21-36(29,30)3)37-42(41)33-11-7-8-26-27(33)9-6-10-32(26)38(4)5/h6-11,23-25,28-31,37H,12-22H2,1-5H3,(H,39,40)/t23-,24-,25?,28+,29?,30+,31+,35+,36-,42?/m1/s1. The van der Waals surface area contributed by atoms with Crippen LogP contribution in [0.3, 0.4) is 0 Å². The third kappa shape index (κ3) is 5.17. The maximum atomic E-state index is 13.8. The summed E-state index contributed by atoms with van der Waals surface area (Å²) in [5.41, 5.74) is 1.92. The predicted molar refractivity (Wildman–Crippen MR) is 173 cm³/mol. The van der Waals surface area contributed by atoms with Gasteiger partial charge in [0, 0.05) is 37.0 Å². The number of carboxylic acid groups (broad SMARTS) is 1. The van der Waals surface area contributed by atoms with E-state index in [0.717, 1.165) is 58.4 Å². The molecular weight excluding hydrogens is 540 g/mol. The molecule has 0 aromatic heterocycles. The number of fused-ring (bicyclic) bond motifs is 6. The van der Waals surface area contributed by atoms with Gasteiger partial charge >= 0.3 is 5.97 Å². The van der Waals surface area contributed by atoms with E-state index in [4.69, 9.17) is 0 Å². The van der Waals surface area contributed by atoms with Gasteiger partial charge < -0.3 is 14.6 Å². The first kappa shape index (κ1) is 30.3. The second kappa shape index (κ2) is 11.6. The molecule has 6 rings (SSSR count). The smallest absolute Gasteiger partial charge is 0.303 e. The fourth-order valence-electron chi connectivity index (χ4n) is 10.9. The Morgan fingerprint density at radius 1 is 1.00 bits per heavy atom. The summed E-state index contributed by atoms with van der Waals surface area (Å²) >= 11 is -1.24. The number of nitrogens with zero attached hydrogens (tertiary/aromatic N) is 1. The van der Waals surface area contributed by atoms with Crippen molar-refractivity contribution in [2.24, 2.45) is 46.3 Å². The second-order valence-corrected chi connectivity index (χ2v) is 16.4. The van der Waals surface area contributed by atoms with Gasteiger partial charge in [-0.25, -0.2) is 0 Å². The number of benzene rings is 2. The van der Waals surface area contributed by atoms with Crippen LogP contribution in [0, 0.1) is 46.3 Å². The van der Waals surface area contributed by atoms with Crippen LogP contribution < -0.4 is 9.62 Å². The molecule has 42 heavy (non-hydrogen) atoms. The molecule has 230 valence electrons. The van der Waals surface area contributed by atoms with Crippen LogP contribution in [0.25, 0.3) is 10.8 Å². The van der Waals surface area contributed by atoms with E-state index < -0.39 is 17.3 Å². The van der Waals surface area contributed by atoms with Crippen molar-refractivity contribution in [3.05, 3.63) is 36.4 Å². The van der Waals surface area contributed by atoms with Crippen LogP contribution in [0.1, 0.15) is 91.4 Å². The van der Waals surface area contributed by atoms with E-state index in [1.807, 2.05) is 12.1 Å². The molecule has 4 fully saturated rings. The van der Waals surface area contributed by atoms with Crippen LogP contribution >= 0.6 is 0 Å². The second-order valence-electron chi connectivity index (χ2n) is 15.2. The number of carboxylic acids is 1. The fourth-order valence-corrected chi connectivity index (χ4v) is 12.1. The van der Waals surface area contributed by atoms with Crippen molar-refractivity contribution >= 4 is 33.8 Å². The van der Waals surface area contributed by atoms with E-state index >= 15 is 0 Å². The topological polar surface area (TPSA) is 75.6 Å². The highest BCUT2D eigenvalue weighted by molar-refractivity contribution is 7.89. The Balaban J connectivity index is 1.13. The first-order valence-electron chi connectivity index (χ1n) is 16.6. The lowest BCUT2D eigenvalue weighted by Gasteiger charge is -2.61. The number of nitrogens with one attached hydrogen (secondary N) is 1. The van der Waals surface area contributed by atoms with E-state index in [0.29, 0.717) is 41.0 Å². The van der Waals surface area contributed by atoms with E-state index in [2.05, 4.69) is 68.8 Å². The van der Waals surface area contributed by atoms with E-state index in [1.54, 1.807) is 0 Å². The van der Waals surface area contributed by atoms with Crippen molar-refractivity contribution < 1.29 is 14.5 Å². The maximum Gasteiger partial charge on any atom is 0.303 e. The lowest BCUT2D eigenvalue weighted by Crippen LogP contribution is -2.55. The largest absolute Gasteiger partial charge is 0.593 e.